The van der Waals surface area contributed by atoms with Gasteiger partial charge in [-0.1, -0.05) is 65.5 Å². The van der Waals surface area contributed by atoms with Gasteiger partial charge in [0.05, 0.1) is 28.1 Å². The number of ether oxygens (including phenoxy) is 3. The summed E-state index contributed by atoms with van der Waals surface area (Å²) in [6.45, 7) is 2.39. The van der Waals surface area contributed by atoms with Gasteiger partial charge in [-0.3, -0.25) is 0 Å². The summed E-state index contributed by atoms with van der Waals surface area (Å²) in [5.41, 5.74) is 7.64. The van der Waals surface area contributed by atoms with Crippen LogP contribution < -0.4 is 19.9 Å². The van der Waals surface area contributed by atoms with Gasteiger partial charge >= 0.3 is 5.97 Å². The molecule has 1 atom stereocenters. The van der Waals surface area contributed by atoms with Gasteiger partial charge in [-0.25, -0.2) is 4.79 Å². The molecule has 36 heavy (non-hydrogen) atoms. The van der Waals surface area contributed by atoms with Gasteiger partial charge in [0.1, 0.15) is 23.1 Å². The minimum absolute atomic E-state index is 0.0780. The van der Waals surface area contributed by atoms with Gasteiger partial charge in [-0.15, -0.1) is 0 Å². The lowest BCUT2D eigenvalue weighted by Crippen LogP contribution is -2.21. The van der Waals surface area contributed by atoms with Crippen LogP contribution in [-0.4, -0.2) is 12.6 Å². The summed E-state index contributed by atoms with van der Waals surface area (Å²) in [4.78, 5) is 12.8. The van der Waals surface area contributed by atoms with Crippen molar-refractivity contribution >= 4 is 52.4 Å². The number of fused-ring (bicyclic) bond motifs is 1. The van der Waals surface area contributed by atoms with Crippen molar-refractivity contribution in [3.63, 3.8) is 0 Å². The number of nitriles is 1. The number of rotatable bonds is 6. The number of carbonyl (C=O) groups is 1. The maximum absolute atomic E-state index is 12.8. The molecular formula is C26H18Cl4N2O4. The molecule has 4 rings (SSSR count). The van der Waals surface area contributed by atoms with E-state index in [2.05, 4.69) is 6.07 Å². The van der Waals surface area contributed by atoms with Gasteiger partial charge in [0.25, 0.3) is 0 Å². The predicted octanol–water partition coefficient (Wildman–Crippen LogP) is 7.53. The van der Waals surface area contributed by atoms with Crippen LogP contribution in [0.2, 0.25) is 20.1 Å². The van der Waals surface area contributed by atoms with E-state index < -0.39 is 11.9 Å². The number of hydrogen-bond acceptors (Lipinski definition) is 6. The fourth-order valence-electron chi connectivity index (χ4n) is 3.74. The molecule has 3 aromatic rings. The maximum atomic E-state index is 12.8. The van der Waals surface area contributed by atoms with Crippen LogP contribution in [0.25, 0.3) is 0 Å². The van der Waals surface area contributed by atoms with Crippen LogP contribution in [0.1, 0.15) is 40.7 Å². The van der Waals surface area contributed by atoms with Crippen molar-refractivity contribution in [1.29, 1.82) is 5.26 Å². The van der Waals surface area contributed by atoms with E-state index in [1.54, 1.807) is 30.3 Å². The van der Waals surface area contributed by atoms with Crippen LogP contribution in [0.3, 0.4) is 0 Å². The first-order valence-electron chi connectivity index (χ1n) is 10.7. The summed E-state index contributed by atoms with van der Waals surface area (Å²) < 4.78 is 16.7. The van der Waals surface area contributed by atoms with Crippen LogP contribution in [0.4, 0.5) is 0 Å². The highest BCUT2D eigenvalue weighted by Crippen LogP contribution is 2.45. The predicted molar refractivity (Wildman–Crippen MR) is 139 cm³/mol. The molecule has 0 saturated carbocycles. The average Bonchev–Trinajstić information content (AvgIpc) is 2.83. The fourth-order valence-corrected chi connectivity index (χ4v) is 4.85. The number of halogens is 4. The number of nitrogens with two attached hydrogens (primary N) is 1. The number of hydrogen-bond donors (Lipinski definition) is 1. The van der Waals surface area contributed by atoms with Crippen LogP contribution in [-0.2, 0) is 0 Å². The molecule has 1 heterocycles. The molecule has 6 nitrogen and oxygen atoms in total. The molecule has 3 aromatic carbocycles. The zero-order chi connectivity index (χ0) is 26.0. The minimum Gasteiger partial charge on any atom is -0.490 e. The Balaban J connectivity index is 1.65. The highest BCUT2D eigenvalue weighted by atomic mass is 35.5. The van der Waals surface area contributed by atoms with E-state index in [1.807, 2.05) is 6.92 Å². The molecule has 0 radical (unpaired) electrons. The Morgan fingerprint density at radius 3 is 2.36 bits per heavy atom. The summed E-state index contributed by atoms with van der Waals surface area (Å²) in [7, 11) is 0. The molecular weight excluding hydrogens is 546 g/mol. The van der Waals surface area contributed by atoms with Crippen molar-refractivity contribution in [3.05, 3.63) is 96.8 Å². The van der Waals surface area contributed by atoms with E-state index in [1.165, 1.54) is 18.2 Å². The Labute approximate surface area is 227 Å². The van der Waals surface area contributed by atoms with Crippen molar-refractivity contribution < 1.29 is 19.0 Å². The zero-order valence-corrected chi connectivity index (χ0v) is 21.8. The van der Waals surface area contributed by atoms with E-state index in [0.717, 1.165) is 6.42 Å². The molecule has 10 heteroatoms. The van der Waals surface area contributed by atoms with Crippen LogP contribution in [0.5, 0.6) is 17.2 Å². The summed E-state index contributed by atoms with van der Waals surface area (Å²) >= 11 is 25.0. The van der Waals surface area contributed by atoms with Gasteiger partial charge in [-0.05, 0) is 42.3 Å². The lowest BCUT2D eigenvalue weighted by molar-refractivity contribution is 0.0734. The lowest BCUT2D eigenvalue weighted by Gasteiger charge is -2.27. The average molecular weight is 564 g/mol. The Morgan fingerprint density at radius 2 is 1.72 bits per heavy atom. The molecule has 0 amide bonds. The Morgan fingerprint density at radius 1 is 1.03 bits per heavy atom. The first kappa shape index (κ1) is 26.0. The number of allylic oxidation sites excluding steroid dienone is 1. The number of benzene rings is 3. The third-order valence-electron chi connectivity index (χ3n) is 5.36. The van der Waals surface area contributed by atoms with E-state index in [4.69, 9.17) is 66.3 Å². The highest BCUT2D eigenvalue weighted by molar-refractivity contribution is 6.37. The molecule has 2 N–H and O–H groups in total. The molecule has 0 fully saturated rings. The first-order chi connectivity index (χ1) is 17.2. The van der Waals surface area contributed by atoms with Crippen molar-refractivity contribution in [3.8, 4) is 23.3 Å². The SMILES string of the molecule is CCCOc1c(Cl)cc(C(=O)Oc2ccc3c(c2)OC(N)=C(C#N)C3c2ccc(Cl)cc2Cl)cc1Cl. The molecule has 0 aliphatic carbocycles. The Kier molecular flexibility index (Phi) is 7.87. The van der Waals surface area contributed by atoms with Gasteiger partial charge in [0, 0.05) is 21.7 Å². The second kappa shape index (κ2) is 10.9. The standard InChI is InChI=1S/C26H18Cl4N2O4/c1-2-7-34-24-20(29)8-13(9-21(24)30)26(33)35-15-4-6-17-22(11-15)36-25(32)18(12-31)23(17)16-5-3-14(27)10-19(16)28/h3-6,8-11,23H,2,7,32H2,1H3. The quantitative estimate of drug-likeness (QED) is 0.246. The highest BCUT2D eigenvalue weighted by Gasteiger charge is 2.32. The lowest BCUT2D eigenvalue weighted by atomic mass is 9.83. The summed E-state index contributed by atoms with van der Waals surface area (Å²) in [6.07, 6.45) is 0.775. The minimum atomic E-state index is -0.685. The molecule has 1 unspecified atom stereocenters. The third kappa shape index (κ3) is 5.21. The zero-order valence-electron chi connectivity index (χ0n) is 18.8. The smallest absolute Gasteiger partial charge is 0.343 e. The molecule has 1 aliphatic rings. The van der Waals surface area contributed by atoms with Crippen molar-refractivity contribution in [1.82, 2.24) is 0 Å². The van der Waals surface area contributed by atoms with Gasteiger partial charge < -0.3 is 19.9 Å². The largest absolute Gasteiger partial charge is 0.490 e. The molecule has 184 valence electrons. The number of nitrogens with zero attached hydrogens (tertiary/aromatic N) is 1. The number of esters is 1. The number of carbonyl (C=O) groups excluding carboxylic acids is 1. The summed E-state index contributed by atoms with van der Waals surface area (Å²) in [5.74, 6) is -0.553. The molecule has 0 bridgehead atoms. The first-order valence-corrected chi connectivity index (χ1v) is 12.2. The van der Waals surface area contributed by atoms with E-state index in [9.17, 15) is 10.1 Å². The summed E-state index contributed by atoms with van der Waals surface area (Å²) in [5, 5.41) is 11.0. The van der Waals surface area contributed by atoms with Gasteiger partial charge in [0.15, 0.2) is 5.75 Å². The van der Waals surface area contributed by atoms with Gasteiger partial charge in [0.2, 0.25) is 5.88 Å². The molecule has 0 aromatic heterocycles. The topological polar surface area (TPSA) is 94.6 Å². The van der Waals surface area contributed by atoms with Crippen LogP contribution in [0, 0.1) is 11.3 Å². The molecule has 0 saturated heterocycles. The van der Waals surface area contributed by atoms with Crippen LogP contribution >= 0.6 is 46.4 Å². The van der Waals surface area contributed by atoms with Gasteiger partial charge in [-0.2, -0.15) is 5.26 Å². The summed E-state index contributed by atoms with van der Waals surface area (Å²) in [6, 6.07) is 14.7. The fraction of sp³-hybridized carbons (Fsp3) is 0.154. The van der Waals surface area contributed by atoms with Crippen LogP contribution in [0.15, 0.2) is 60.0 Å². The monoisotopic (exact) mass is 562 g/mol. The maximum Gasteiger partial charge on any atom is 0.343 e. The molecule has 0 spiro atoms. The Bertz CT molecular complexity index is 1410. The van der Waals surface area contributed by atoms with E-state index >= 15 is 0 Å². The molecule has 1 aliphatic heterocycles. The van der Waals surface area contributed by atoms with Crippen molar-refractivity contribution in [2.45, 2.75) is 19.3 Å². The second-order valence-corrected chi connectivity index (χ2v) is 9.46. The van der Waals surface area contributed by atoms with E-state index in [0.29, 0.717) is 39.3 Å². The van der Waals surface area contributed by atoms with E-state index in [-0.39, 0.29) is 32.8 Å². The van der Waals surface area contributed by atoms with Crippen molar-refractivity contribution in [2.24, 2.45) is 5.73 Å². The Hall–Kier alpha value is -3.08. The third-order valence-corrected chi connectivity index (χ3v) is 6.48. The van der Waals surface area contributed by atoms with Crippen molar-refractivity contribution in [2.75, 3.05) is 6.61 Å². The second-order valence-electron chi connectivity index (χ2n) is 7.80. The normalized spacial score (nSPS) is 14.5.